The van der Waals surface area contributed by atoms with Gasteiger partial charge in [0.2, 0.25) is 0 Å². The number of likely N-dealkylation sites (N-methyl/N-ethyl adjacent to an activating group) is 1. The van der Waals surface area contributed by atoms with Crippen molar-refractivity contribution in [3.05, 3.63) is 72.3 Å². The van der Waals surface area contributed by atoms with E-state index < -0.39 is 0 Å². The van der Waals surface area contributed by atoms with Crippen molar-refractivity contribution in [2.45, 2.75) is 18.4 Å². The van der Waals surface area contributed by atoms with Gasteiger partial charge in [-0.2, -0.15) is 0 Å². The lowest BCUT2D eigenvalue weighted by Crippen LogP contribution is -2.26. The highest BCUT2D eigenvalue weighted by Gasteiger charge is 2.09. The molecule has 2 rings (SSSR count). The molecule has 0 aliphatic rings. The molecule has 2 aromatic rings. The van der Waals surface area contributed by atoms with E-state index in [4.69, 9.17) is 0 Å². The smallest absolute Gasteiger partial charge is 0.0344 e. The predicted molar refractivity (Wildman–Crippen MR) is 102 cm³/mol. The summed E-state index contributed by atoms with van der Waals surface area (Å²) in [7, 11) is 4.24. The molecule has 0 aliphatic carbocycles. The van der Waals surface area contributed by atoms with Crippen LogP contribution in [0.25, 0.3) is 5.57 Å². The third kappa shape index (κ3) is 6.22. The van der Waals surface area contributed by atoms with Crippen LogP contribution in [0.15, 0.2) is 66.1 Å². The normalized spacial score (nSPS) is 11.2. The molecule has 0 saturated heterocycles. The maximum atomic E-state index is 4.00. The van der Waals surface area contributed by atoms with Crippen LogP contribution in [0.3, 0.4) is 0 Å². The quantitative estimate of drug-likeness (QED) is 0.644. The first-order chi connectivity index (χ1) is 11.0. The maximum absolute atomic E-state index is 4.00. The summed E-state index contributed by atoms with van der Waals surface area (Å²) in [4.78, 5) is 3.49. The Morgan fingerprint density at radius 1 is 0.957 bits per heavy atom. The molecule has 0 N–H and O–H groups in total. The molecule has 0 unspecified atom stereocenters. The van der Waals surface area contributed by atoms with Gasteiger partial charge in [0.1, 0.15) is 0 Å². The van der Waals surface area contributed by atoms with Crippen molar-refractivity contribution >= 4 is 17.5 Å². The first-order valence-corrected chi connectivity index (χ1v) is 8.69. The molecule has 0 atom stereocenters. The fourth-order valence-electron chi connectivity index (χ4n) is 2.20. The largest absolute Gasteiger partial charge is 0.308 e. The summed E-state index contributed by atoms with van der Waals surface area (Å²) in [6, 6.07) is 19.3. The number of benzene rings is 2. The van der Waals surface area contributed by atoms with Crippen LogP contribution < -0.4 is 0 Å². The van der Waals surface area contributed by atoms with Crippen molar-refractivity contribution < 1.29 is 0 Å². The standard InChI is InChI=1S/C20H26N2S/c1-17(2)19-10-12-20(13-11-19)23-22(15-14-21(3)4)16-18-8-6-5-7-9-18/h5-13H,1,14-16H2,2-4H3. The van der Waals surface area contributed by atoms with E-state index in [0.29, 0.717) is 0 Å². The van der Waals surface area contributed by atoms with E-state index in [2.05, 4.69) is 84.5 Å². The molecule has 0 saturated carbocycles. The van der Waals surface area contributed by atoms with Gasteiger partial charge in [-0.3, -0.25) is 0 Å². The Labute approximate surface area is 144 Å². The van der Waals surface area contributed by atoms with Gasteiger partial charge >= 0.3 is 0 Å². The van der Waals surface area contributed by atoms with Gasteiger partial charge in [-0.25, -0.2) is 4.31 Å². The van der Waals surface area contributed by atoms with E-state index in [1.54, 1.807) is 0 Å². The SMILES string of the molecule is C=C(C)c1ccc(SN(CCN(C)C)Cc2ccccc2)cc1. The monoisotopic (exact) mass is 326 g/mol. The molecule has 122 valence electrons. The second-order valence-corrected chi connectivity index (χ2v) is 7.22. The van der Waals surface area contributed by atoms with E-state index in [1.807, 2.05) is 18.9 Å². The van der Waals surface area contributed by atoms with Gasteiger partial charge in [-0.05, 0) is 56.2 Å². The number of hydrogen-bond donors (Lipinski definition) is 0. The predicted octanol–water partition coefficient (Wildman–Crippen LogP) is 4.79. The molecule has 0 heterocycles. The topological polar surface area (TPSA) is 6.48 Å². The molecule has 0 radical (unpaired) electrons. The van der Waals surface area contributed by atoms with Crippen LogP contribution in [0.1, 0.15) is 18.1 Å². The summed E-state index contributed by atoms with van der Waals surface area (Å²) in [6.45, 7) is 9.05. The highest BCUT2D eigenvalue weighted by atomic mass is 32.2. The number of hydrogen-bond acceptors (Lipinski definition) is 3. The summed E-state index contributed by atoms with van der Waals surface area (Å²) in [5.74, 6) is 0. The first-order valence-electron chi connectivity index (χ1n) is 7.92. The Bertz CT molecular complexity index is 605. The Morgan fingerprint density at radius 2 is 1.61 bits per heavy atom. The van der Waals surface area contributed by atoms with Crippen molar-refractivity contribution in [1.29, 1.82) is 0 Å². The Morgan fingerprint density at radius 3 is 2.17 bits per heavy atom. The minimum atomic E-state index is 0.946. The third-order valence-electron chi connectivity index (χ3n) is 3.58. The Kier molecular flexibility index (Phi) is 6.90. The van der Waals surface area contributed by atoms with Crippen molar-refractivity contribution in [2.75, 3.05) is 27.2 Å². The molecule has 0 bridgehead atoms. The Balaban J connectivity index is 2.05. The minimum absolute atomic E-state index is 0.946. The van der Waals surface area contributed by atoms with Gasteiger partial charge in [0.05, 0.1) is 0 Å². The van der Waals surface area contributed by atoms with Gasteiger partial charge in [0.15, 0.2) is 0 Å². The Hall–Kier alpha value is -1.55. The number of rotatable bonds is 8. The van der Waals surface area contributed by atoms with E-state index in [9.17, 15) is 0 Å². The second-order valence-electron chi connectivity index (χ2n) is 6.05. The lowest BCUT2D eigenvalue weighted by atomic mass is 10.1. The molecular weight excluding hydrogens is 300 g/mol. The van der Waals surface area contributed by atoms with Crippen LogP contribution in [-0.2, 0) is 6.54 Å². The van der Waals surface area contributed by atoms with Crippen molar-refractivity contribution in [3.63, 3.8) is 0 Å². The summed E-state index contributed by atoms with van der Waals surface area (Å²) in [5.41, 5.74) is 3.66. The van der Waals surface area contributed by atoms with Gasteiger partial charge in [-0.15, -0.1) is 0 Å². The van der Waals surface area contributed by atoms with Crippen LogP contribution >= 0.6 is 11.9 Å². The van der Waals surface area contributed by atoms with Gasteiger partial charge < -0.3 is 4.90 Å². The zero-order chi connectivity index (χ0) is 16.7. The van der Waals surface area contributed by atoms with Crippen LogP contribution in [0.2, 0.25) is 0 Å². The molecular formula is C20H26N2S. The average Bonchev–Trinajstić information content (AvgIpc) is 2.54. The minimum Gasteiger partial charge on any atom is -0.308 e. The zero-order valence-corrected chi connectivity index (χ0v) is 15.1. The van der Waals surface area contributed by atoms with Crippen molar-refractivity contribution in [1.82, 2.24) is 9.21 Å². The highest BCUT2D eigenvalue weighted by molar-refractivity contribution is 7.97. The van der Waals surface area contributed by atoms with Crippen molar-refractivity contribution in [3.8, 4) is 0 Å². The van der Waals surface area contributed by atoms with Gasteiger partial charge in [0, 0.05) is 24.5 Å². The summed E-state index contributed by atoms with van der Waals surface area (Å²) in [6.07, 6.45) is 0. The maximum Gasteiger partial charge on any atom is 0.0344 e. The average molecular weight is 327 g/mol. The van der Waals surface area contributed by atoms with E-state index >= 15 is 0 Å². The van der Waals surface area contributed by atoms with E-state index in [0.717, 1.165) is 25.2 Å². The van der Waals surface area contributed by atoms with E-state index in [-0.39, 0.29) is 0 Å². The molecule has 23 heavy (non-hydrogen) atoms. The number of allylic oxidation sites excluding steroid dienone is 1. The van der Waals surface area contributed by atoms with Gasteiger partial charge in [-0.1, -0.05) is 54.6 Å². The fourth-order valence-corrected chi connectivity index (χ4v) is 3.15. The lowest BCUT2D eigenvalue weighted by Gasteiger charge is -2.23. The molecule has 0 fully saturated rings. The molecule has 0 aromatic heterocycles. The molecule has 3 heteroatoms. The lowest BCUT2D eigenvalue weighted by molar-refractivity contribution is 0.348. The highest BCUT2D eigenvalue weighted by Crippen LogP contribution is 2.26. The van der Waals surface area contributed by atoms with Crippen molar-refractivity contribution in [2.24, 2.45) is 0 Å². The first kappa shape index (κ1) is 17.8. The summed E-state index contributed by atoms with van der Waals surface area (Å²) in [5, 5.41) is 0. The van der Waals surface area contributed by atoms with Crippen LogP contribution in [0.4, 0.5) is 0 Å². The summed E-state index contributed by atoms with van der Waals surface area (Å²) < 4.78 is 2.42. The van der Waals surface area contributed by atoms with Crippen LogP contribution in [-0.4, -0.2) is 36.4 Å². The molecule has 2 aromatic carbocycles. The fraction of sp³-hybridized carbons (Fsp3) is 0.300. The molecule has 2 nitrogen and oxygen atoms in total. The molecule has 0 amide bonds. The van der Waals surface area contributed by atoms with E-state index in [1.165, 1.54) is 16.0 Å². The summed E-state index contributed by atoms with van der Waals surface area (Å²) >= 11 is 1.82. The third-order valence-corrected chi connectivity index (χ3v) is 4.63. The zero-order valence-electron chi connectivity index (χ0n) is 14.3. The molecule has 0 spiro atoms. The van der Waals surface area contributed by atoms with Crippen LogP contribution in [0.5, 0.6) is 0 Å². The molecule has 0 aliphatic heterocycles. The number of nitrogens with zero attached hydrogens (tertiary/aromatic N) is 2. The van der Waals surface area contributed by atoms with Crippen LogP contribution in [0, 0.1) is 0 Å². The second kappa shape index (κ2) is 8.92. The van der Waals surface area contributed by atoms with Gasteiger partial charge in [0.25, 0.3) is 0 Å².